The van der Waals surface area contributed by atoms with Gasteiger partial charge in [-0.15, -0.1) is 0 Å². The molecule has 0 radical (unpaired) electrons. The summed E-state index contributed by atoms with van der Waals surface area (Å²) >= 11 is 11.9. The molecule has 1 aliphatic rings. The molecule has 1 fully saturated rings. The fourth-order valence-corrected chi connectivity index (χ4v) is 3.18. The quantitative estimate of drug-likeness (QED) is 0.686. The molecule has 1 aliphatic heterocycles. The largest absolute Gasteiger partial charge is 0.373 e. The van der Waals surface area contributed by atoms with Crippen LogP contribution in [0.15, 0.2) is 6.07 Å². The van der Waals surface area contributed by atoms with Gasteiger partial charge in [-0.2, -0.15) is 0 Å². The van der Waals surface area contributed by atoms with Crippen molar-refractivity contribution in [3.8, 4) is 0 Å². The van der Waals surface area contributed by atoms with E-state index < -0.39 is 0 Å². The van der Waals surface area contributed by atoms with Gasteiger partial charge in [-0.3, -0.25) is 0 Å². The summed E-state index contributed by atoms with van der Waals surface area (Å²) in [5.41, 5.74) is 0.724. The number of nitrogens with one attached hydrogen (secondary N) is 1. The van der Waals surface area contributed by atoms with Crippen LogP contribution in [-0.2, 0) is 4.74 Å². The van der Waals surface area contributed by atoms with Crippen molar-refractivity contribution in [2.45, 2.75) is 45.3 Å². The molecular weight excluding hydrogens is 297 g/mol. The van der Waals surface area contributed by atoms with E-state index in [0.29, 0.717) is 11.1 Å². The highest BCUT2D eigenvalue weighted by atomic mass is 35.5. The van der Waals surface area contributed by atoms with E-state index in [1.807, 2.05) is 0 Å². The molecule has 1 saturated heterocycles. The minimum atomic E-state index is -0.159. The second-order valence-corrected chi connectivity index (χ2v) is 6.97. The summed E-state index contributed by atoms with van der Waals surface area (Å²) in [6, 6.07) is 1.79. The predicted octanol–water partition coefficient (Wildman–Crippen LogP) is 3.29. The summed E-state index contributed by atoms with van der Waals surface area (Å²) in [5.74, 6) is 0.585. The lowest BCUT2D eigenvalue weighted by Crippen LogP contribution is -2.34. The molecule has 0 aliphatic carbocycles. The van der Waals surface area contributed by atoms with Crippen LogP contribution in [0.3, 0.4) is 0 Å². The Morgan fingerprint density at radius 3 is 2.60 bits per heavy atom. The van der Waals surface area contributed by atoms with Crippen LogP contribution in [0.5, 0.6) is 0 Å². The van der Waals surface area contributed by atoms with Gasteiger partial charge in [0.05, 0.1) is 17.4 Å². The SMILES string of the molecule is C[C@@H](OC(C)(C)C)C1CNC[C@@H]1c1cc(Cl)nc(Cl)n1. The van der Waals surface area contributed by atoms with Gasteiger partial charge >= 0.3 is 0 Å². The third kappa shape index (κ3) is 4.04. The van der Waals surface area contributed by atoms with E-state index in [-0.39, 0.29) is 22.9 Å². The normalized spacial score (nSPS) is 24.9. The Morgan fingerprint density at radius 1 is 1.30 bits per heavy atom. The van der Waals surface area contributed by atoms with Crippen molar-refractivity contribution in [3.63, 3.8) is 0 Å². The summed E-state index contributed by atoms with van der Waals surface area (Å²) in [7, 11) is 0. The highest BCUT2D eigenvalue weighted by Gasteiger charge is 2.36. The molecule has 112 valence electrons. The van der Waals surface area contributed by atoms with Crippen molar-refractivity contribution in [3.05, 3.63) is 22.2 Å². The van der Waals surface area contributed by atoms with Crippen LogP contribution < -0.4 is 5.32 Å². The molecule has 0 spiro atoms. The van der Waals surface area contributed by atoms with Gasteiger partial charge in [0.15, 0.2) is 0 Å². The predicted molar refractivity (Wildman–Crippen MR) is 81.5 cm³/mol. The average Bonchev–Trinajstić information content (AvgIpc) is 2.73. The molecule has 0 saturated carbocycles. The van der Waals surface area contributed by atoms with E-state index in [2.05, 4.69) is 43.0 Å². The number of rotatable bonds is 3. The zero-order valence-corrected chi connectivity index (χ0v) is 13.8. The van der Waals surface area contributed by atoms with Crippen molar-refractivity contribution < 1.29 is 4.74 Å². The number of halogens is 2. The molecule has 1 aromatic rings. The fraction of sp³-hybridized carbons (Fsp3) is 0.714. The molecule has 1 aromatic heterocycles. The van der Waals surface area contributed by atoms with Crippen molar-refractivity contribution in [2.75, 3.05) is 13.1 Å². The summed E-state index contributed by atoms with van der Waals surface area (Å²) in [6.07, 6.45) is 0.127. The van der Waals surface area contributed by atoms with Crippen LogP contribution in [0.25, 0.3) is 0 Å². The van der Waals surface area contributed by atoms with Crippen LogP contribution in [-0.4, -0.2) is 34.8 Å². The maximum absolute atomic E-state index is 6.08. The lowest BCUT2D eigenvalue weighted by Gasteiger charge is -2.31. The van der Waals surface area contributed by atoms with Gasteiger partial charge < -0.3 is 10.1 Å². The molecule has 6 heteroatoms. The van der Waals surface area contributed by atoms with Gasteiger partial charge in [0.25, 0.3) is 0 Å². The Bertz CT molecular complexity index is 456. The molecule has 0 amide bonds. The molecule has 20 heavy (non-hydrogen) atoms. The Labute approximate surface area is 130 Å². The van der Waals surface area contributed by atoms with Gasteiger partial charge in [0, 0.05) is 24.9 Å². The number of aromatic nitrogens is 2. The zero-order valence-electron chi connectivity index (χ0n) is 12.3. The van der Waals surface area contributed by atoms with E-state index in [1.54, 1.807) is 6.07 Å². The van der Waals surface area contributed by atoms with Gasteiger partial charge in [0.1, 0.15) is 5.15 Å². The standard InChI is InChI=1S/C14H21Cl2N3O/c1-8(20-14(2,3)4)9-6-17-7-10(9)11-5-12(15)19-13(16)18-11/h5,8-10,17H,6-7H2,1-4H3/t8-,9?,10+/m1/s1. The summed E-state index contributed by atoms with van der Waals surface area (Å²) in [5, 5.41) is 3.98. The molecule has 2 rings (SSSR count). The van der Waals surface area contributed by atoms with Crippen LogP contribution in [0.4, 0.5) is 0 Å². The first-order valence-electron chi connectivity index (χ1n) is 6.85. The molecule has 1 N–H and O–H groups in total. The van der Waals surface area contributed by atoms with Crippen LogP contribution in [0, 0.1) is 5.92 Å². The lowest BCUT2D eigenvalue weighted by atomic mass is 9.88. The van der Waals surface area contributed by atoms with Crippen LogP contribution >= 0.6 is 23.2 Å². The van der Waals surface area contributed by atoms with E-state index in [0.717, 1.165) is 18.8 Å². The Balaban J connectivity index is 2.18. The van der Waals surface area contributed by atoms with Crippen LogP contribution in [0.1, 0.15) is 39.3 Å². The Kier molecular flexibility index (Phi) is 4.90. The first kappa shape index (κ1) is 16.0. The third-order valence-corrected chi connectivity index (χ3v) is 3.83. The van der Waals surface area contributed by atoms with E-state index in [4.69, 9.17) is 27.9 Å². The Morgan fingerprint density at radius 2 is 2.00 bits per heavy atom. The van der Waals surface area contributed by atoms with E-state index in [9.17, 15) is 0 Å². The minimum Gasteiger partial charge on any atom is -0.373 e. The molecule has 4 nitrogen and oxygen atoms in total. The molecule has 0 bridgehead atoms. The van der Waals surface area contributed by atoms with E-state index >= 15 is 0 Å². The van der Waals surface area contributed by atoms with Gasteiger partial charge in [0.2, 0.25) is 5.28 Å². The molecular formula is C14H21Cl2N3O. The van der Waals surface area contributed by atoms with Gasteiger partial charge in [-0.25, -0.2) is 9.97 Å². The van der Waals surface area contributed by atoms with Gasteiger partial charge in [-0.05, 0) is 45.4 Å². The topological polar surface area (TPSA) is 47.0 Å². The highest BCUT2D eigenvalue weighted by molar-refractivity contribution is 6.31. The summed E-state index contributed by atoms with van der Waals surface area (Å²) < 4.78 is 6.08. The first-order valence-corrected chi connectivity index (χ1v) is 7.60. The van der Waals surface area contributed by atoms with Crippen molar-refractivity contribution in [1.29, 1.82) is 0 Å². The number of nitrogens with zero attached hydrogens (tertiary/aromatic N) is 2. The Hall–Kier alpha value is -0.420. The minimum absolute atomic E-state index is 0.127. The molecule has 0 aromatic carbocycles. The van der Waals surface area contributed by atoms with Gasteiger partial charge in [-0.1, -0.05) is 11.6 Å². The van der Waals surface area contributed by atoms with Crippen molar-refractivity contribution in [2.24, 2.45) is 5.92 Å². The monoisotopic (exact) mass is 317 g/mol. The zero-order chi connectivity index (χ0) is 14.9. The van der Waals surface area contributed by atoms with Crippen molar-refractivity contribution in [1.82, 2.24) is 15.3 Å². The summed E-state index contributed by atoms with van der Waals surface area (Å²) in [4.78, 5) is 8.22. The van der Waals surface area contributed by atoms with Crippen molar-refractivity contribution >= 4 is 23.2 Å². The number of hydrogen-bond donors (Lipinski definition) is 1. The maximum Gasteiger partial charge on any atom is 0.224 e. The fourth-order valence-electron chi connectivity index (χ4n) is 2.76. The molecule has 3 atom stereocenters. The maximum atomic E-state index is 6.08. The summed E-state index contributed by atoms with van der Waals surface area (Å²) in [6.45, 7) is 10.1. The second kappa shape index (κ2) is 6.14. The molecule has 1 unspecified atom stereocenters. The lowest BCUT2D eigenvalue weighted by molar-refractivity contribution is -0.0752. The first-order chi connectivity index (χ1) is 9.26. The highest BCUT2D eigenvalue weighted by Crippen LogP contribution is 2.33. The third-order valence-electron chi connectivity index (χ3n) is 3.47. The number of hydrogen-bond acceptors (Lipinski definition) is 4. The second-order valence-electron chi connectivity index (χ2n) is 6.25. The van der Waals surface area contributed by atoms with Crippen LogP contribution in [0.2, 0.25) is 10.4 Å². The van der Waals surface area contributed by atoms with E-state index in [1.165, 1.54) is 0 Å². The number of ether oxygens (including phenoxy) is 1. The average molecular weight is 318 g/mol. The smallest absolute Gasteiger partial charge is 0.224 e. The molecule has 2 heterocycles.